The van der Waals surface area contributed by atoms with E-state index in [-0.39, 0.29) is 17.7 Å². The van der Waals surface area contributed by atoms with Crippen LogP contribution in [0.25, 0.3) is 0 Å². The van der Waals surface area contributed by atoms with Gasteiger partial charge >= 0.3 is 0 Å². The molecule has 6 heteroatoms. The number of anilines is 1. The van der Waals surface area contributed by atoms with Crippen LogP contribution in [0.5, 0.6) is 5.75 Å². The zero-order valence-electron chi connectivity index (χ0n) is 15.3. The first-order valence-electron chi connectivity index (χ1n) is 8.33. The van der Waals surface area contributed by atoms with Crippen molar-refractivity contribution in [2.45, 2.75) is 26.8 Å². The number of rotatable bonds is 6. The summed E-state index contributed by atoms with van der Waals surface area (Å²) in [6, 6.07) is 11.5. The highest BCUT2D eigenvalue weighted by Gasteiger charge is 2.25. The first-order chi connectivity index (χ1) is 12.3. The molecule has 138 valence electrons. The van der Waals surface area contributed by atoms with Gasteiger partial charge < -0.3 is 15.4 Å². The van der Waals surface area contributed by atoms with Gasteiger partial charge in [0.2, 0.25) is 5.91 Å². The third-order valence-corrected chi connectivity index (χ3v) is 4.26. The molecule has 2 N–H and O–H groups in total. The van der Waals surface area contributed by atoms with E-state index in [1.165, 1.54) is 7.11 Å². The number of amides is 2. The van der Waals surface area contributed by atoms with Gasteiger partial charge in [-0.05, 0) is 43.2 Å². The number of methoxy groups -OCH3 is 1. The molecule has 0 aliphatic rings. The van der Waals surface area contributed by atoms with Crippen LogP contribution in [0.4, 0.5) is 5.69 Å². The molecule has 0 aromatic heterocycles. The maximum absolute atomic E-state index is 12.6. The number of benzene rings is 2. The fourth-order valence-electron chi connectivity index (χ4n) is 2.43. The van der Waals surface area contributed by atoms with E-state index >= 15 is 0 Å². The van der Waals surface area contributed by atoms with E-state index in [0.29, 0.717) is 22.0 Å². The smallest absolute Gasteiger partial charge is 0.251 e. The average Bonchev–Trinajstić information content (AvgIpc) is 2.59. The molecule has 0 radical (unpaired) electrons. The highest BCUT2D eigenvalue weighted by Crippen LogP contribution is 2.27. The minimum absolute atomic E-state index is 0.0851. The molecule has 0 fully saturated rings. The van der Waals surface area contributed by atoms with Crippen LogP contribution in [0, 0.1) is 12.8 Å². The lowest BCUT2D eigenvalue weighted by Crippen LogP contribution is -2.47. The SMILES string of the molecule is COc1ccc(NC(=O)[C@@H](NC(=O)c2ccc(C)cc2)C(C)C)cc1Cl. The molecule has 0 saturated carbocycles. The van der Waals surface area contributed by atoms with Crippen LogP contribution in [0.2, 0.25) is 5.02 Å². The molecule has 0 unspecified atom stereocenters. The summed E-state index contributed by atoms with van der Waals surface area (Å²) in [5.41, 5.74) is 2.12. The van der Waals surface area contributed by atoms with Crippen molar-refractivity contribution in [3.05, 3.63) is 58.6 Å². The number of nitrogens with one attached hydrogen (secondary N) is 2. The maximum Gasteiger partial charge on any atom is 0.251 e. The minimum Gasteiger partial charge on any atom is -0.495 e. The van der Waals surface area contributed by atoms with Gasteiger partial charge in [-0.15, -0.1) is 0 Å². The lowest BCUT2D eigenvalue weighted by atomic mass is 10.0. The van der Waals surface area contributed by atoms with Crippen molar-refractivity contribution < 1.29 is 14.3 Å². The molecule has 2 amide bonds. The molecule has 0 aliphatic carbocycles. The highest BCUT2D eigenvalue weighted by atomic mass is 35.5. The standard InChI is InChI=1S/C20H23ClN2O3/c1-12(2)18(23-19(24)14-7-5-13(3)6-8-14)20(25)22-15-9-10-17(26-4)16(21)11-15/h5-12,18H,1-4H3,(H,22,25)(H,23,24)/t18-/m0/s1. The zero-order chi connectivity index (χ0) is 19.3. The van der Waals surface area contributed by atoms with Crippen LogP contribution in [0.3, 0.4) is 0 Å². The molecule has 0 aliphatic heterocycles. The summed E-state index contributed by atoms with van der Waals surface area (Å²) in [6.45, 7) is 5.70. The van der Waals surface area contributed by atoms with Gasteiger partial charge in [-0.2, -0.15) is 0 Å². The molecular weight excluding hydrogens is 352 g/mol. The fraction of sp³-hybridized carbons (Fsp3) is 0.300. The van der Waals surface area contributed by atoms with Crippen molar-refractivity contribution in [1.29, 1.82) is 0 Å². The van der Waals surface area contributed by atoms with Gasteiger partial charge in [-0.3, -0.25) is 9.59 Å². The van der Waals surface area contributed by atoms with Gasteiger partial charge in [-0.1, -0.05) is 43.1 Å². The van der Waals surface area contributed by atoms with Crippen molar-refractivity contribution in [1.82, 2.24) is 5.32 Å². The summed E-state index contributed by atoms with van der Waals surface area (Å²) in [6.07, 6.45) is 0. The Morgan fingerprint density at radius 2 is 1.73 bits per heavy atom. The van der Waals surface area contributed by atoms with E-state index in [1.807, 2.05) is 32.9 Å². The Balaban J connectivity index is 2.10. The van der Waals surface area contributed by atoms with E-state index in [4.69, 9.17) is 16.3 Å². The lowest BCUT2D eigenvalue weighted by molar-refractivity contribution is -0.118. The zero-order valence-corrected chi connectivity index (χ0v) is 16.1. The Labute approximate surface area is 158 Å². The summed E-state index contributed by atoms with van der Waals surface area (Å²) in [4.78, 5) is 25.1. The molecule has 2 rings (SSSR count). The number of hydrogen-bond acceptors (Lipinski definition) is 3. The van der Waals surface area contributed by atoms with Crippen molar-refractivity contribution in [2.75, 3.05) is 12.4 Å². The van der Waals surface area contributed by atoms with Gasteiger partial charge in [0, 0.05) is 11.3 Å². The van der Waals surface area contributed by atoms with E-state index in [1.54, 1.807) is 30.3 Å². The molecule has 0 spiro atoms. The second kappa shape index (κ2) is 8.72. The van der Waals surface area contributed by atoms with Crippen LogP contribution in [-0.2, 0) is 4.79 Å². The summed E-state index contributed by atoms with van der Waals surface area (Å²) in [5.74, 6) is -0.149. The van der Waals surface area contributed by atoms with Gasteiger partial charge in [0.05, 0.1) is 12.1 Å². The van der Waals surface area contributed by atoms with Gasteiger partial charge in [0.1, 0.15) is 11.8 Å². The van der Waals surface area contributed by atoms with E-state index in [0.717, 1.165) is 5.56 Å². The third-order valence-electron chi connectivity index (χ3n) is 3.97. The third kappa shape index (κ3) is 4.99. The number of carbonyl (C=O) groups is 2. The van der Waals surface area contributed by atoms with Gasteiger partial charge in [-0.25, -0.2) is 0 Å². The summed E-state index contributed by atoms with van der Waals surface area (Å²) in [5, 5.41) is 5.99. The highest BCUT2D eigenvalue weighted by molar-refractivity contribution is 6.32. The van der Waals surface area contributed by atoms with Crippen molar-refractivity contribution >= 4 is 29.1 Å². The minimum atomic E-state index is -0.676. The number of ether oxygens (including phenoxy) is 1. The molecule has 2 aromatic carbocycles. The first kappa shape index (κ1) is 19.8. The second-order valence-corrected chi connectivity index (χ2v) is 6.81. The predicted octanol–water partition coefficient (Wildman–Crippen LogP) is 4.05. The number of aryl methyl sites for hydroxylation is 1. The van der Waals surface area contributed by atoms with Crippen molar-refractivity contribution in [3.8, 4) is 5.75 Å². The van der Waals surface area contributed by atoms with Gasteiger partial charge in [0.15, 0.2) is 0 Å². The van der Waals surface area contributed by atoms with E-state index in [2.05, 4.69) is 10.6 Å². The van der Waals surface area contributed by atoms with E-state index < -0.39 is 6.04 Å². The number of hydrogen-bond donors (Lipinski definition) is 2. The second-order valence-electron chi connectivity index (χ2n) is 6.40. The summed E-state index contributed by atoms with van der Waals surface area (Å²) < 4.78 is 5.10. The number of halogens is 1. The van der Waals surface area contributed by atoms with Crippen LogP contribution < -0.4 is 15.4 Å². The molecule has 0 saturated heterocycles. The topological polar surface area (TPSA) is 67.4 Å². The Bertz CT molecular complexity index is 788. The Kier molecular flexibility index (Phi) is 6.64. The van der Waals surface area contributed by atoms with Crippen molar-refractivity contribution in [2.24, 2.45) is 5.92 Å². The Morgan fingerprint density at radius 3 is 2.27 bits per heavy atom. The summed E-state index contributed by atoms with van der Waals surface area (Å²) in [7, 11) is 1.52. The maximum atomic E-state index is 12.6. The quantitative estimate of drug-likeness (QED) is 0.801. The molecule has 0 bridgehead atoms. The monoisotopic (exact) mass is 374 g/mol. The molecule has 26 heavy (non-hydrogen) atoms. The van der Waals surface area contributed by atoms with Crippen LogP contribution >= 0.6 is 11.6 Å². The van der Waals surface area contributed by atoms with Crippen LogP contribution in [0.15, 0.2) is 42.5 Å². The van der Waals surface area contributed by atoms with Crippen LogP contribution in [-0.4, -0.2) is 25.0 Å². The normalized spacial score (nSPS) is 11.8. The molecule has 1 atom stereocenters. The van der Waals surface area contributed by atoms with E-state index in [9.17, 15) is 9.59 Å². The average molecular weight is 375 g/mol. The van der Waals surface area contributed by atoms with Gasteiger partial charge in [0.25, 0.3) is 5.91 Å². The lowest BCUT2D eigenvalue weighted by Gasteiger charge is -2.22. The van der Waals surface area contributed by atoms with Crippen LogP contribution in [0.1, 0.15) is 29.8 Å². The summed E-state index contributed by atoms with van der Waals surface area (Å²) >= 11 is 6.09. The fourth-order valence-corrected chi connectivity index (χ4v) is 2.69. The molecular formula is C20H23ClN2O3. The Morgan fingerprint density at radius 1 is 1.08 bits per heavy atom. The molecule has 2 aromatic rings. The first-order valence-corrected chi connectivity index (χ1v) is 8.71. The van der Waals surface area contributed by atoms with Crippen molar-refractivity contribution in [3.63, 3.8) is 0 Å². The molecule has 0 heterocycles. The largest absolute Gasteiger partial charge is 0.495 e. The molecule has 5 nitrogen and oxygen atoms in total. The Hall–Kier alpha value is -2.53. The predicted molar refractivity (Wildman–Crippen MR) is 104 cm³/mol. The number of carbonyl (C=O) groups excluding carboxylic acids is 2.